The van der Waals surface area contributed by atoms with Crippen molar-refractivity contribution in [1.82, 2.24) is 10.1 Å². The Bertz CT molecular complexity index is 1050. The van der Waals surface area contributed by atoms with Gasteiger partial charge in [-0.1, -0.05) is 41.0 Å². The molecule has 30 heavy (non-hydrogen) atoms. The summed E-state index contributed by atoms with van der Waals surface area (Å²) in [4.78, 5) is 14.7. The van der Waals surface area contributed by atoms with E-state index in [4.69, 9.17) is 16.1 Å². The Morgan fingerprint density at radius 2 is 1.90 bits per heavy atom. The molecule has 4 nitrogen and oxygen atoms in total. The van der Waals surface area contributed by atoms with Crippen molar-refractivity contribution in [3.63, 3.8) is 0 Å². The highest BCUT2D eigenvalue weighted by Crippen LogP contribution is 2.33. The van der Waals surface area contributed by atoms with E-state index < -0.39 is 11.7 Å². The van der Waals surface area contributed by atoms with Crippen molar-refractivity contribution >= 4 is 17.5 Å². The van der Waals surface area contributed by atoms with E-state index in [9.17, 15) is 18.0 Å². The summed E-state index contributed by atoms with van der Waals surface area (Å²) in [6.07, 6.45) is -1.56. The zero-order valence-electron chi connectivity index (χ0n) is 15.8. The Balaban J connectivity index is 1.44. The zero-order chi connectivity index (χ0) is 21.3. The number of carbonyl (C=O) groups is 1. The van der Waals surface area contributed by atoms with Gasteiger partial charge >= 0.3 is 6.18 Å². The van der Waals surface area contributed by atoms with Gasteiger partial charge in [-0.3, -0.25) is 4.79 Å². The van der Waals surface area contributed by atoms with Crippen LogP contribution in [0.2, 0.25) is 5.02 Å². The lowest BCUT2D eigenvalue weighted by atomic mass is 9.98. The van der Waals surface area contributed by atoms with Crippen LogP contribution in [-0.4, -0.2) is 29.1 Å². The van der Waals surface area contributed by atoms with Crippen molar-refractivity contribution in [1.29, 1.82) is 0 Å². The molecule has 4 rings (SSSR count). The fraction of sp³-hybridized carbons (Fsp3) is 0.273. The van der Waals surface area contributed by atoms with E-state index in [0.717, 1.165) is 24.1 Å². The van der Waals surface area contributed by atoms with Crippen molar-refractivity contribution in [3.8, 4) is 11.3 Å². The first-order chi connectivity index (χ1) is 14.3. The number of carbonyl (C=O) groups excluding carboxylic acids is 1. The number of aromatic nitrogens is 1. The van der Waals surface area contributed by atoms with E-state index in [1.165, 1.54) is 18.3 Å². The summed E-state index contributed by atoms with van der Waals surface area (Å²) in [5.74, 6) is 0.312. The van der Waals surface area contributed by atoms with Gasteiger partial charge in [0.25, 0.3) is 5.91 Å². The molecule has 1 amide bonds. The fourth-order valence-corrected chi connectivity index (χ4v) is 3.97. The third kappa shape index (κ3) is 4.21. The standard InChI is InChI=1S/C22H18ClF3N2O2/c23-19-4-2-1-3-17(19)20-18(12-27-30-20)21(29)28-10-9-15(13-28)11-14-5-7-16(8-6-14)22(24,25)26/h1-8,12,15H,9-11,13H2. The van der Waals surface area contributed by atoms with Crippen LogP contribution in [-0.2, 0) is 12.6 Å². The molecule has 1 atom stereocenters. The van der Waals surface area contributed by atoms with Gasteiger partial charge in [0.05, 0.1) is 16.8 Å². The topological polar surface area (TPSA) is 46.3 Å². The molecule has 2 heterocycles. The van der Waals surface area contributed by atoms with E-state index in [0.29, 0.717) is 41.4 Å². The molecule has 156 valence electrons. The van der Waals surface area contributed by atoms with Gasteiger partial charge in [-0.15, -0.1) is 0 Å². The lowest BCUT2D eigenvalue weighted by molar-refractivity contribution is -0.137. The lowest BCUT2D eigenvalue weighted by Crippen LogP contribution is -2.29. The Labute approximate surface area is 176 Å². The van der Waals surface area contributed by atoms with Gasteiger partial charge in [0.2, 0.25) is 0 Å². The van der Waals surface area contributed by atoms with Gasteiger partial charge < -0.3 is 9.42 Å². The van der Waals surface area contributed by atoms with Gasteiger partial charge in [-0.2, -0.15) is 13.2 Å². The van der Waals surface area contributed by atoms with Crippen LogP contribution in [0.5, 0.6) is 0 Å². The summed E-state index contributed by atoms with van der Waals surface area (Å²) in [7, 11) is 0. The van der Waals surface area contributed by atoms with Gasteiger partial charge in [-0.25, -0.2) is 0 Å². The highest BCUT2D eigenvalue weighted by Gasteiger charge is 2.32. The maximum absolute atomic E-state index is 13.0. The normalized spacial score (nSPS) is 16.8. The smallest absolute Gasteiger partial charge is 0.355 e. The zero-order valence-corrected chi connectivity index (χ0v) is 16.6. The third-order valence-corrected chi connectivity index (χ3v) is 5.63. The Hall–Kier alpha value is -2.80. The number of benzene rings is 2. The molecule has 0 aliphatic carbocycles. The van der Waals surface area contributed by atoms with Crippen molar-refractivity contribution in [3.05, 3.63) is 76.4 Å². The minimum absolute atomic E-state index is 0.175. The first-order valence-corrected chi connectivity index (χ1v) is 9.85. The number of likely N-dealkylation sites (tertiary alicyclic amines) is 1. The minimum atomic E-state index is -4.34. The second-order valence-electron chi connectivity index (χ2n) is 7.35. The van der Waals surface area contributed by atoms with Crippen molar-refractivity contribution in [2.45, 2.75) is 19.0 Å². The van der Waals surface area contributed by atoms with Crippen LogP contribution in [0.25, 0.3) is 11.3 Å². The van der Waals surface area contributed by atoms with Gasteiger partial charge in [-0.05, 0) is 48.6 Å². The SMILES string of the molecule is O=C(c1cnoc1-c1ccccc1Cl)N1CCC(Cc2ccc(C(F)(F)F)cc2)C1. The summed E-state index contributed by atoms with van der Waals surface area (Å²) >= 11 is 6.22. The molecule has 0 bridgehead atoms. The molecule has 0 N–H and O–H groups in total. The molecule has 1 saturated heterocycles. The predicted octanol–water partition coefficient (Wildman–Crippen LogP) is 5.72. The quantitative estimate of drug-likeness (QED) is 0.527. The molecule has 3 aromatic rings. The average Bonchev–Trinajstić information content (AvgIpc) is 3.37. The molecule has 1 unspecified atom stereocenters. The molecule has 1 aliphatic heterocycles. The Morgan fingerprint density at radius 3 is 2.60 bits per heavy atom. The lowest BCUT2D eigenvalue weighted by Gasteiger charge is -2.16. The fourth-order valence-electron chi connectivity index (χ4n) is 3.75. The maximum atomic E-state index is 13.0. The number of nitrogens with zero attached hydrogens (tertiary/aromatic N) is 2. The van der Waals surface area contributed by atoms with E-state index >= 15 is 0 Å². The second-order valence-corrected chi connectivity index (χ2v) is 7.76. The number of amides is 1. The summed E-state index contributed by atoms with van der Waals surface area (Å²) in [5.41, 5.74) is 1.11. The molecule has 0 spiro atoms. The van der Waals surface area contributed by atoms with Crippen molar-refractivity contribution < 1.29 is 22.5 Å². The van der Waals surface area contributed by atoms with Crippen molar-refractivity contribution in [2.75, 3.05) is 13.1 Å². The van der Waals surface area contributed by atoms with Crippen LogP contribution in [0.4, 0.5) is 13.2 Å². The van der Waals surface area contributed by atoms with Crippen LogP contribution < -0.4 is 0 Å². The number of alkyl halides is 3. The molecule has 2 aromatic carbocycles. The first kappa shape index (κ1) is 20.5. The Morgan fingerprint density at radius 1 is 1.17 bits per heavy atom. The van der Waals surface area contributed by atoms with Crippen LogP contribution in [0.15, 0.2) is 59.3 Å². The van der Waals surface area contributed by atoms with E-state index in [-0.39, 0.29) is 11.8 Å². The second kappa shape index (κ2) is 8.14. The third-order valence-electron chi connectivity index (χ3n) is 5.30. The predicted molar refractivity (Wildman–Crippen MR) is 106 cm³/mol. The van der Waals surface area contributed by atoms with E-state index in [1.54, 1.807) is 29.2 Å². The highest BCUT2D eigenvalue weighted by molar-refractivity contribution is 6.33. The number of rotatable bonds is 4. The Kier molecular flexibility index (Phi) is 5.56. The minimum Gasteiger partial charge on any atom is -0.355 e. The molecule has 1 fully saturated rings. The van der Waals surface area contributed by atoms with Gasteiger partial charge in [0, 0.05) is 18.7 Å². The van der Waals surface area contributed by atoms with E-state index in [2.05, 4.69) is 5.16 Å². The molecule has 0 radical (unpaired) electrons. The van der Waals surface area contributed by atoms with Crippen molar-refractivity contribution in [2.24, 2.45) is 5.92 Å². The molecule has 1 aliphatic rings. The van der Waals surface area contributed by atoms with Crippen LogP contribution in [0.1, 0.15) is 27.9 Å². The van der Waals surface area contributed by atoms with Gasteiger partial charge in [0.15, 0.2) is 5.76 Å². The number of halogens is 4. The largest absolute Gasteiger partial charge is 0.416 e. The molecule has 1 aromatic heterocycles. The summed E-state index contributed by atoms with van der Waals surface area (Å²) < 4.78 is 43.4. The maximum Gasteiger partial charge on any atom is 0.416 e. The first-order valence-electron chi connectivity index (χ1n) is 9.48. The molecule has 0 saturated carbocycles. The summed E-state index contributed by atoms with van der Waals surface area (Å²) in [5, 5.41) is 4.24. The van der Waals surface area contributed by atoms with Crippen LogP contribution in [0.3, 0.4) is 0 Å². The van der Waals surface area contributed by atoms with Gasteiger partial charge in [0.1, 0.15) is 5.56 Å². The molecular weight excluding hydrogens is 417 g/mol. The summed E-state index contributed by atoms with van der Waals surface area (Å²) in [6.45, 7) is 1.09. The average molecular weight is 435 g/mol. The summed E-state index contributed by atoms with van der Waals surface area (Å²) in [6, 6.07) is 12.3. The molecular formula is C22H18ClF3N2O2. The monoisotopic (exact) mass is 434 g/mol. The number of hydrogen-bond acceptors (Lipinski definition) is 3. The number of hydrogen-bond donors (Lipinski definition) is 0. The molecule has 8 heteroatoms. The highest BCUT2D eigenvalue weighted by atomic mass is 35.5. The van der Waals surface area contributed by atoms with Crippen LogP contribution >= 0.6 is 11.6 Å². The van der Waals surface area contributed by atoms with Crippen LogP contribution in [0, 0.1) is 5.92 Å². The van der Waals surface area contributed by atoms with E-state index in [1.807, 2.05) is 0 Å².